The summed E-state index contributed by atoms with van der Waals surface area (Å²) < 4.78 is 12.9. The summed E-state index contributed by atoms with van der Waals surface area (Å²) in [5.74, 6) is 4.42. The summed E-state index contributed by atoms with van der Waals surface area (Å²) in [6, 6.07) is 2.95. The van der Waals surface area contributed by atoms with E-state index in [-0.39, 0.29) is 11.6 Å². The molecule has 4 heteroatoms. The number of hydrogen-bond acceptors (Lipinski definition) is 2. The van der Waals surface area contributed by atoms with Crippen LogP contribution in [0.4, 0.5) is 4.39 Å². The first-order valence-corrected chi connectivity index (χ1v) is 3.79. The van der Waals surface area contributed by atoms with Crippen molar-refractivity contribution in [3.63, 3.8) is 0 Å². The average Bonchev–Trinajstić information content (AvgIpc) is 2.06. The second-order valence-electron chi connectivity index (χ2n) is 2.47. The highest BCUT2D eigenvalue weighted by molar-refractivity contribution is 6.31. The molecular weight excluding hydrogens is 181 g/mol. The van der Waals surface area contributed by atoms with Gasteiger partial charge in [-0.15, -0.1) is 0 Å². The van der Waals surface area contributed by atoms with Crippen LogP contribution in [0.3, 0.4) is 0 Å². The number of benzene rings is 1. The van der Waals surface area contributed by atoms with Crippen LogP contribution in [-0.2, 0) is 11.4 Å². The number of rotatable bonds is 2. The van der Waals surface area contributed by atoms with Crippen LogP contribution in [0.15, 0.2) is 12.1 Å². The first-order chi connectivity index (χ1) is 5.66. The van der Waals surface area contributed by atoms with Crippen LogP contribution in [0.25, 0.3) is 0 Å². The molecule has 1 aromatic carbocycles. The summed E-state index contributed by atoms with van der Waals surface area (Å²) in [4.78, 5) is 4.39. The smallest absolute Gasteiger partial charge is 0.142 e. The van der Waals surface area contributed by atoms with Crippen LogP contribution in [0, 0.1) is 12.7 Å². The minimum absolute atomic E-state index is 0.0838. The van der Waals surface area contributed by atoms with Crippen molar-refractivity contribution in [2.75, 3.05) is 0 Å². The second-order valence-corrected chi connectivity index (χ2v) is 2.85. The van der Waals surface area contributed by atoms with Crippen molar-refractivity contribution in [3.8, 4) is 0 Å². The summed E-state index contributed by atoms with van der Waals surface area (Å²) in [5, 5.41) is 0.0838. The Labute approximate surface area is 75.0 Å². The molecule has 0 saturated carbocycles. The van der Waals surface area contributed by atoms with Crippen molar-refractivity contribution in [1.29, 1.82) is 0 Å². The lowest BCUT2D eigenvalue weighted by Crippen LogP contribution is -2.02. The minimum atomic E-state index is -0.450. The maximum absolute atomic E-state index is 12.9. The van der Waals surface area contributed by atoms with Gasteiger partial charge in [-0.25, -0.2) is 10.3 Å². The summed E-state index contributed by atoms with van der Waals surface area (Å²) >= 11 is 5.67. The molecule has 0 aliphatic carbocycles. The lowest BCUT2D eigenvalue weighted by molar-refractivity contribution is 0.123. The number of hydrogen-bond donors (Lipinski definition) is 1. The fraction of sp³-hybridized carbons (Fsp3) is 0.250. The first kappa shape index (κ1) is 9.45. The quantitative estimate of drug-likeness (QED) is 0.724. The Morgan fingerprint density at radius 3 is 2.83 bits per heavy atom. The molecule has 0 unspecified atom stereocenters. The molecule has 0 aromatic heterocycles. The molecule has 66 valence electrons. The highest BCUT2D eigenvalue weighted by atomic mass is 35.5. The standard InChI is InChI=1S/C8H9ClFNO/c1-5-2-3-7(10)8(9)6(5)4-12-11/h2-3H,4,11H2,1H3. The Hall–Kier alpha value is -0.640. The van der Waals surface area contributed by atoms with E-state index in [2.05, 4.69) is 4.84 Å². The summed E-state index contributed by atoms with van der Waals surface area (Å²) in [6.07, 6.45) is 0. The van der Waals surface area contributed by atoms with Gasteiger partial charge in [-0.3, -0.25) is 4.84 Å². The predicted molar refractivity (Wildman–Crippen MR) is 45.1 cm³/mol. The van der Waals surface area contributed by atoms with Crippen molar-refractivity contribution in [2.45, 2.75) is 13.5 Å². The van der Waals surface area contributed by atoms with Crippen LogP contribution in [0.2, 0.25) is 5.02 Å². The Morgan fingerprint density at radius 1 is 1.58 bits per heavy atom. The minimum Gasteiger partial charge on any atom is -0.300 e. The molecule has 2 nitrogen and oxygen atoms in total. The van der Waals surface area contributed by atoms with Crippen LogP contribution in [0.1, 0.15) is 11.1 Å². The average molecular weight is 190 g/mol. The van der Waals surface area contributed by atoms with Crippen LogP contribution in [0.5, 0.6) is 0 Å². The van der Waals surface area contributed by atoms with E-state index in [1.807, 2.05) is 6.92 Å². The predicted octanol–water partition coefficient (Wildman–Crippen LogP) is 2.18. The zero-order valence-corrected chi connectivity index (χ0v) is 7.36. The fourth-order valence-electron chi connectivity index (χ4n) is 0.950. The van der Waals surface area contributed by atoms with Gasteiger partial charge in [0.1, 0.15) is 5.82 Å². The van der Waals surface area contributed by atoms with E-state index in [1.165, 1.54) is 6.07 Å². The van der Waals surface area contributed by atoms with E-state index < -0.39 is 5.82 Å². The molecule has 0 atom stereocenters. The maximum Gasteiger partial charge on any atom is 0.142 e. The molecular formula is C8H9ClFNO. The van der Waals surface area contributed by atoms with Gasteiger partial charge in [0.25, 0.3) is 0 Å². The van der Waals surface area contributed by atoms with Crippen molar-refractivity contribution in [2.24, 2.45) is 5.90 Å². The highest BCUT2D eigenvalue weighted by Crippen LogP contribution is 2.23. The van der Waals surface area contributed by atoms with E-state index >= 15 is 0 Å². The van der Waals surface area contributed by atoms with Crippen molar-refractivity contribution in [1.82, 2.24) is 0 Å². The van der Waals surface area contributed by atoms with E-state index in [0.29, 0.717) is 5.56 Å². The van der Waals surface area contributed by atoms with Gasteiger partial charge in [0.05, 0.1) is 11.6 Å². The summed E-state index contributed by atoms with van der Waals surface area (Å²) in [6.45, 7) is 1.95. The largest absolute Gasteiger partial charge is 0.300 e. The van der Waals surface area contributed by atoms with E-state index in [9.17, 15) is 4.39 Å². The molecule has 2 N–H and O–H groups in total. The van der Waals surface area contributed by atoms with E-state index in [0.717, 1.165) is 5.56 Å². The van der Waals surface area contributed by atoms with Crippen LogP contribution in [-0.4, -0.2) is 0 Å². The van der Waals surface area contributed by atoms with Gasteiger partial charge >= 0.3 is 0 Å². The van der Waals surface area contributed by atoms with Crippen LogP contribution >= 0.6 is 11.6 Å². The van der Waals surface area contributed by atoms with Gasteiger partial charge in [0, 0.05) is 5.56 Å². The third-order valence-electron chi connectivity index (χ3n) is 1.66. The van der Waals surface area contributed by atoms with Gasteiger partial charge in [-0.05, 0) is 18.6 Å². The van der Waals surface area contributed by atoms with Crippen molar-refractivity contribution < 1.29 is 9.23 Å². The number of nitrogens with two attached hydrogens (primary N) is 1. The third kappa shape index (κ3) is 1.75. The Kier molecular flexibility index (Phi) is 3.03. The molecule has 0 aliphatic rings. The molecule has 0 bridgehead atoms. The van der Waals surface area contributed by atoms with Crippen molar-refractivity contribution in [3.05, 3.63) is 34.1 Å². The Bertz CT molecular complexity index is 291. The molecule has 12 heavy (non-hydrogen) atoms. The third-order valence-corrected chi connectivity index (χ3v) is 2.07. The van der Waals surface area contributed by atoms with Gasteiger partial charge in [-0.2, -0.15) is 0 Å². The first-order valence-electron chi connectivity index (χ1n) is 3.42. The zero-order chi connectivity index (χ0) is 9.14. The second kappa shape index (κ2) is 3.85. The Balaban J connectivity index is 3.14. The lowest BCUT2D eigenvalue weighted by atomic mass is 10.1. The molecule has 1 rings (SSSR count). The highest BCUT2D eigenvalue weighted by Gasteiger charge is 2.08. The van der Waals surface area contributed by atoms with Crippen LogP contribution < -0.4 is 5.90 Å². The van der Waals surface area contributed by atoms with E-state index in [1.54, 1.807) is 6.07 Å². The normalized spacial score (nSPS) is 10.3. The lowest BCUT2D eigenvalue weighted by Gasteiger charge is -2.06. The van der Waals surface area contributed by atoms with Gasteiger partial charge < -0.3 is 0 Å². The van der Waals surface area contributed by atoms with Gasteiger partial charge in [-0.1, -0.05) is 17.7 Å². The molecule has 0 fully saturated rings. The SMILES string of the molecule is Cc1ccc(F)c(Cl)c1CON. The molecule has 1 aromatic rings. The maximum atomic E-state index is 12.9. The van der Waals surface area contributed by atoms with E-state index in [4.69, 9.17) is 17.5 Å². The van der Waals surface area contributed by atoms with Gasteiger partial charge in [0.2, 0.25) is 0 Å². The molecule has 0 radical (unpaired) electrons. The van der Waals surface area contributed by atoms with Gasteiger partial charge in [0.15, 0.2) is 0 Å². The molecule has 0 aliphatic heterocycles. The Morgan fingerprint density at radius 2 is 2.25 bits per heavy atom. The summed E-state index contributed by atoms with van der Waals surface area (Å²) in [7, 11) is 0. The fourth-order valence-corrected chi connectivity index (χ4v) is 1.22. The number of aryl methyl sites for hydroxylation is 1. The number of halogens is 2. The monoisotopic (exact) mass is 189 g/mol. The molecule has 0 heterocycles. The molecule has 0 saturated heterocycles. The zero-order valence-electron chi connectivity index (χ0n) is 6.60. The topological polar surface area (TPSA) is 35.2 Å². The molecule has 0 amide bonds. The molecule has 0 spiro atoms. The van der Waals surface area contributed by atoms with Crippen molar-refractivity contribution >= 4 is 11.6 Å². The summed E-state index contributed by atoms with van der Waals surface area (Å²) in [5.41, 5.74) is 1.46.